The minimum absolute atomic E-state index is 0.0839. The Labute approximate surface area is 202 Å². The zero-order chi connectivity index (χ0) is 23.4. The van der Waals surface area contributed by atoms with Crippen LogP contribution < -0.4 is 10.6 Å². The lowest BCUT2D eigenvalue weighted by atomic mass is 10.1. The number of amides is 1. The van der Waals surface area contributed by atoms with Gasteiger partial charge in [0.15, 0.2) is 4.34 Å². The summed E-state index contributed by atoms with van der Waals surface area (Å²) in [7, 11) is 0. The molecule has 5 nitrogen and oxygen atoms in total. The number of aromatic nitrogens is 2. The molecule has 0 fully saturated rings. The Morgan fingerprint density at radius 3 is 2.33 bits per heavy atom. The first-order chi connectivity index (χ1) is 15.9. The van der Waals surface area contributed by atoms with Gasteiger partial charge in [0.2, 0.25) is 11.0 Å². The standard InChI is InChI=1S/C26H26N4OS2/c1-16-13-14-17(2)21(15-16)27-24(31)23(20-11-6-5-7-12-20)32-26-30-29-25(33-26)28-22-18(3)9-8-10-19(22)4/h5-15,23H,1-4H3,(H,27,31)(H,28,29)/t23-/m0/s1. The van der Waals surface area contributed by atoms with Crippen molar-refractivity contribution < 1.29 is 4.79 Å². The first kappa shape index (κ1) is 23.0. The molecule has 168 valence electrons. The number of carbonyl (C=O) groups excluding carboxylic acids is 1. The van der Waals surface area contributed by atoms with Crippen LogP contribution in [0.2, 0.25) is 0 Å². The summed E-state index contributed by atoms with van der Waals surface area (Å²) in [6.45, 7) is 8.14. The summed E-state index contributed by atoms with van der Waals surface area (Å²) in [5, 5.41) is 15.4. The van der Waals surface area contributed by atoms with Gasteiger partial charge in [-0.15, -0.1) is 10.2 Å². The van der Waals surface area contributed by atoms with E-state index in [4.69, 9.17) is 0 Å². The van der Waals surface area contributed by atoms with Gasteiger partial charge in [0.1, 0.15) is 5.25 Å². The molecule has 4 rings (SSSR count). The fourth-order valence-corrected chi connectivity index (χ4v) is 5.45. The van der Waals surface area contributed by atoms with E-state index in [1.807, 2.05) is 68.4 Å². The van der Waals surface area contributed by atoms with E-state index in [9.17, 15) is 4.79 Å². The maximum atomic E-state index is 13.4. The Kier molecular flexibility index (Phi) is 7.11. The Bertz CT molecular complexity index is 1250. The summed E-state index contributed by atoms with van der Waals surface area (Å²) < 4.78 is 0.730. The summed E-state index contributed by atoms with van der Waals surface area (Å²) in [6.07, 6.45) is 0. The summed E-state index contributed by atoms with van der Waals surface area (Å²) in [5.74, 6) is -0.0839. The van der Waals surface area contributed by atoms with Crippen LogP contribution in [-0.2, 0) is 4.79 Å². The van der Waals surface area contributed by atoms with Crippen LogP contribution in [0.25, 0.3) is 0 Å². The summed E-state index contributed by atoms with van der Waals surface area (Å²) in [6, 6.07) is 22.0. The number of hydrogen-bond acceptors (Lipinski definition) is 6. The van der Waals surface area contributed by atoms with E-state index in [2.05, 4.69) is 46.8 Å². The van der Waals surface area contributed by atoms with Crippen molar-refractivity contribution in [2.24, 2.45) is 0 Å². The molecule has 3 aromatic carbocycles. The number of benzene rings is 3. The van der Waals surface area contributed by atoms with Crippen molar-refractivity contribution in [2.45, 2.75) is 37.3 Å². The van der Waals surface area contributed by atoms with Crippen molar-refractivity contribution in [1.82, 2.24) is 10.2 Å². The van der Waals surface area contributed by atoms with Gasteiger partial charge in [-0.2, -0.15) is 0 Å². The molecule has 7 heteroatoms. The molecule has 0 bridgehead atoms. The molecule has 1 amide bonds. The molecule has 0 aliphatic rings. The van der Waals surface area contributed by atoms with Gasteiger partial charge in [0.25, 0.3) is 0 Å². The second kappa shape index (κ2) is 10.2. The molecular formula is C26H26N4OS2. The molecule has 1 atom stereocenters. The summed E-state index contributed by atoms with van der Waals surface area (Å²) >= 11 is 2.86. The molecule has 0 aliphatic carbocycles. The van der Waals surface area contributed by atoms with Crippen LogP contribution in [-0.4, -0.2) is 16.1 Å². The SMILES string of the molecule is Cc1ccc(C)c(NC(=O)[C@@H](Sc2nnc(Nc3c(C)cccc3C)s2)c2ccccc2)c1. The average molecular weight is 475 g/mol. The maximum absolute atomic E-state index is 13.4. The largest absolute Gasteiger partial charge is 0.330 e. The lowest BCUT2D eigenvalue weighted by Gasteiger charge is -2.17. The second-order valence-corrected chi connectivity index (χ2v) is 10.3. The van der Waals surface area contributed by atoms with Crippen LogP contribution >= 0.6 is 23.1 Å². The van der Waals surface area contributed by atoms with Crippen LogP contribution in [0, 0.1) is 27.7 Å². The van der Waals surface area contributed by atoms with Gasteiger partial charge in [-0.3, -0.25) is 4.79 Å². The smallest absolute Gasteiger partial charge is 0.242 e. The molecular weight excluding hydrogens is 448 g/mol. The predicted molar refractivity (Wildman–Crippen MR) is 139 cm³/mol. The fraction of sp³-hybridized carbons (Fsp3) is 0.192. The number of aryl methyl sites for hydroxylation is 4. The Balaban J connectivity index is 1.57. The highest BCUT2D eigenvalue weighted by Crippen LogP contribution is 2.39. The minimum atomic E-state index is -0.452. The molecule has 0 unspecified atom stereocenters. The highest BCUT2D eigenvalue weighted by atomic mass is 32.2. The number of nitrogens with one attached hydrogen (secondary N) is 2. The van der Waals surface area contributed by atoms with Crippen molar-refractivity contribution in [3.63, 3.8) is 0 Å². The van der Waals surface area contributed by atoms with Gasteiger partial charge >= 0.3 is 0 Å². The van der Waals surface area contributed by atoms with Crippen molar-refractivity contribution in [3.8, 4) is 0 Å². The highest BCUT2D eigenvalue weighted by molar-refractivity contribution is 8.02. The van der Waals surface area contributed by atoms with Crippen molar-refractivity contribution in [2.75, 3.05) is 10.6 Å². The summed E-state index contributed by atoms with van der Waals surface area (Å²) in [5.41, 5.74) is 7.22. The lowest BCUT2D eigenvalue weighted by Crippen LogP contribution is -2.19. The molecule has 0 saturated carbocycles. The van der Waals surface area contributed by atoms with Crippen LogP contribution in [0.3, 0.4) is 0 Å². The normalized spacial score (nSPS) is 11.8. The van der Waals surface area contributed by atoms with Gasteiger partial charge in [-0.1, -0.05) is 83.8 Å². The monoisotopic (exact) mass is 474 g/mol. The van der Waals surface area contributed by atoms with E-state index in [0.29, 0.717) is 5.13 Å². The number of anilines is 3. The first-order valence-corrected chi connectivity index (χ1v) is 12.4. The Morgan fingerprint density at radius 1 is 0.879 bits per heavy atom. The number of nitrogens with zero attached hydrogens (tertiary/aromatic N) is 2. The Morgan fingerprint density at radius 2 is 1.61 bits per heavy atom. The third-order valence-corrected chi connectivity index (χ3v) is 7.51. The number of carbonyl (C=O) groups is 1. The topological polar surface area (TPSA) is 66.9 Å². The van der Waals surface area contributed by atoms with E-state index in [1.54, 1.807) is 0 Å². The molecule has 0 saturated heterocycles. The van der Waals surface area contributed by atoms with Crippen molar-refractivity contribution in [3.05, 3.63) is 94.5 Å². The van der Waals surface area contributed by atoms with E-state index in [0.717, 1.165) is 43.5 Å². The Hall–Kier alpha value is -3.16. The molecule has 0 aliphatic heterocycles. The zero-order valence-electron chi connectivity index (χ0n) is 19.0. The van der Waals surface area contributed by atoms with Crippen LogP contribution in [0.5, 0.6) is 0 Å². The van der Waals surface area contributed by atoms with E-state index >= 15 is 0 Å². The van der Waals surface area contributed by atoms with Crippen molar-refractivity contribution >= 4 is 45.5 Å². The molecule has 0 radical (unpaired) electrons. The van der Waals surface area contributed by atoms with Gasteiger partial charge in [0.05, 0.1) is 0 Å². The van der Waals surface area contributed by atoms with E-state index in [1.165, 1.54) is 23.1 Å². The first-order valence-electron chi connectivity index (χ1n) is 10.7. The molecule has 1 aromatic heterocycles. The van der Waals surface area contributed by atoms with Crippen LogP contribution in [0.1, 0.15) is 33.1 Å². The fourth-order valence-electron chi connectivity index (χ4n) is 3.50. The van der Waals surface area contributed by atoms with Crippen LogP contribution in [0.4, 0.5) is 16.5 Å². The maximum Gasteiger partial charge on any atom is 0.242 e. The predicted octanol–water partition coefficient (Wildman–Crippen LogP) is 6.99. The molecule has 33 heavy (non-hydrogen) atoms. The number of rotatable bonds is 7. The lowest BCUT2D eigenvalue weighted by molar-refractivity contribution is -0.115. The van der Waals surface area contributed by atoms with Gasteiger partial charge in [-0.05, 0) is 61.6 Å². The average Bonchev–Trinajstić information content (AvgIpc) is 3.25. The minimum Gasteiger partial charge on any atom is -0.330 e. The van der Waals surface area contributed by atoms with Gasteiger partial charge < -0.3 is 10.6 Å². The molecule has 1 heterocycles. The third kappa shape index (κ3) is 5.61. The van der Waals surface area contributed by atoms with Crippen LogP contribution in [0.15, 0.2) is 71.1 Å². The second-order valence-electron chi connectivity index (χ2n) is 7.98. The van der Waals surface area contributed by atoms with E-state index in [-0.39, 0.29) is 5.91 Å². The molecule has 4 aromatic rings. The summed E-state index contributed by atoms with van der Waals surface area (Å²) in [4.78, 5) is 13.4. The third-order valence-electron chi connectivity index (χ3n) is 5.33. The number of para-hydroxylation sites is 1. The highest BCUT2D eigenvalue weighted by Gasteiger charge is 2.24. The van der Waals surface area contributed by atoms with Gasteiger partial charge in [0, 0.05) is 11.4 Å². The number of hydrogen-bond donors (Lipinski definition) is 2. The quantitative estimate of drug-likeness (QED) is 0.283. The molecule has 0 spiro atoms. The zero-order valence-corrected chi connectivity index (χ0v) is 20.7. The number of thioether (sulfide) groups is 1. The van der Waals surface area contributed by atoms with Crippen molar-refractivity contribution in [1.29, 1.82) is 0 Å². The van der Waals surface area contributed by atoms with E-state index < -0.39 is 5.25 Å². The molecule has 2 N–H and O–H groups in total. The van der Waals surface area contributed by atoms with Gasteiger partial charge in [-0.25, -0.2) is 0 Å².